The summed E-state index contributed by atoms with van der Waals surface area (Å²) in [7, 11) is 0. The molecular formula is C55H106O6. The Balaban J connectivity index is 4.24. The van der Waals surface area contributed by atoms with Gasteiger partial charge in [-0.25, -0.2) is 0 Å². The van der Waals surface area contributed by atoms with Gasteiger partial charge in [0, 0.05) is 19.3 Å². The summed E-state index contributed by atoms with van der Waals surface area (Å²) in [4.78, 5) is 37.9. The lowest BCUT2D eigenvalue weighted by Gasteiger charge is -2.18. The molecule has 1 atom stereocenters. The average molecular weight is 863 g/mol. The minimum Gasteiger partial charge on any atom is -0.462 e. The monoisotopic (exact) mass is 863 g/mol. The Labute approximate surface area is 380 Å². The quantitative estimate of drug-likeness (QED) is 0.0344. The van der Waals surface area contributed by atoms with E-state index in [1.807, 2.05) is 0 Å². The first-order valence-corrected chi connectivity index (χ1v) is 27.2. The Kier molecular flexibility index (Phi) is 46.6. The van der Waals surface area contributed by atoms with Crippen LogP contribution in [0.1, 0.15) is 304 Å². The summed E-state index contributed by atoms with van der Waals surface area (Å²) in [6.45, 7) is 11.4. The van der Waals surface area contributed by atoms with Gasteiger partial charge in [0.2, 0.25) is 0 Å². The molecule has 0 spiro atoms. The Morgan fingerprint density at radius 1 is 0.311 bits per heavy atom. The molecule has 0 aromatic carbocycles. The zero-order valence-electron chi connectivity index (χ0n) is 41.8. The van der Waals surface area contributed by atoms with Gasteiger partial charge in [0.1, 0.15) is 13.2 Å². The maximum Gasteiger partial charge on any atom is 0.306 e. The van der Waals surface area contributed by atoms with Crippen LogP contribution in [0.15, 0.2) is 0 Å². The Morgan fingerprint density at radius 2 is 0.541 bits per heavy atom. The van der Waals surface area contributed by atoms with E-state index in [1.165, 1.54) is 193 Å². The zero-order valence-corrected chi connectivity index (χ0v) is 41.8. The molecular weight excluding hydrogens is 757 g/mol. The zero-order chi connectivity index (χ0) is 44.7. The molecule has 6 nitrogen and oxygen atoms in total. The smallest absolute Gasteiger partial charge is 0.306 e. The Morgan fingerprint density at radius 3 is 0.803 bits per heavy atom. The van der Waals surface area contributed by atoms with Crippen LogP contribution in [-0.2, 0) is 28.6 Å². The highest BCUT2D eigenvalue weighted by Gasteiger charge is 2.19. The first-order chi connectivity index (χ1) is 29.7. The maximum absolute atomic E-state index is 12.8. The second-order valence-corrected chi connectivity index (χ2v) is 19.8. The molecule has 0 fully saturated rings. The van der Waals surface area contributed by atoms with Crippen LogP contribution in [0.5, 0.6) is 0 Å². The highest BCUT2D eigenvalue weighted by molar-refractivity contribution is 5.71. The SMILES string of the molecule is CCCCCCCCCCCC(=O)OC[C@@H](COC(=O)CCCCCCCCCCCCCCCC(C)C)OC(=O)CCCCCCCCCCCCCCCCCC(C)C. The second kappa shape index (κ2) is 47.9. The number of rotatable bonds is 49. The predicted octanol–water partition coefficient (Wildman–Crippen LogP) is 17.7. The van der Waals surface area contributed by atoms with E-state index in [4.69, 9.17) is 14.2 Å². The van der Waals surface area contributed by atoms with Crippen molar-refractivity contribution >= 4 is 17.9 Å². The van der Waals surface area contributed by atoms with Gasteiger partial charge >= 0.3 is 17.9 Å². The lowest BCUT2D eigenvalue weighted by molar-refractivity contribution is -0.167. The van der Waals surface area contributed by atoms with Crippen molar-refractivity contribution in [3.05, 3.63) is 0 Å². The molecule has 362 valence electrons. The number of unbranched alkanes of at least 4 members (excludes halogenated alkanes) is 34. The van der Waals surface area contributed by atoms with E-state index in [9.17, 15) is 14.4 Å². The second-order valence-electron chi connectivity index (χ2n) is 19.8. The van der Waals surface area contributed by atoms with Gasteiger partial charge in [-0.3, -0.25) is 14.4 Å². The molecule has 0 rings (SSSR count). The lowest BCUT2D eigenvalue weighted by atomic mass is 10.0. The van der Waals surface area contributed by atoms with Gasteiger partial charge in [0.25, 0.3) is 0 Å². The first-order valence-electron chi connectivity index (χ1n) is 27.2. The van der Waals surface area contributed by atoms with Crippen LogP contribution in [-0.4, -0.2) is 37.2 Å². The van der Waals surface area contributed by atoms with E-state index >= 15 is 0 Å². The van der Waals surface area contributed by atoms with Crippen LogP contribution < -0.4 is 0 Å². The van der Waals surface area contributed by atoms with Crippen LogP contribution in [0.25, 0.3) is 0 Å². The largest absolute Gasteiger partial charge is 0.462 e. The Bertz CT molecular complexity index is 931. The lowest BCUT2D eigenvalue weighted by Crippen LogP contribution is -2.30. The summed E-state index contributed by atoms with van der Waals surface area (Å²) >= 11 is 0. The van der Waals surface area contributed by atoms with Crippen molar-refractivity contribution in [2.24, 2.45) is 11.8 Å². The van der Waals surface area contributed by atoms with Crippen LogP contribution >= 0.6 is 0 Å². The molecule has 0 aromatic heterocycles. The number of hydrogen-bond donors (Lipinski definition) is 0. The third-order valence-electron chi connectivity index (χ3n) is 12.5. The van der Waals surface area contributed by atoms with Crippen LogP contribution in [0.3, 0.4) is 0 Å². The molecule has 0 bridgehead atoms. The minimum atomic E-state index is -0.761. The van der Waals surface area contributed by atoms with Gasteiger partial charge in [0.15, 0.2) is 6.10 Å². The summed E-state index contributed by atoms with van der Waals surface area (Å²) in [5.41, 5.74) is 0. The van der Waals surface area contributed by atoms with Crippen molar-refractivity contribution in [3.8, 4) is 0 Å². The van der Waals surface area contributed by atoms with Crippen molar-refractivity contribution in [3.63, 3.8) is 0 Å². The molecule has 0 saturated carbocycles. The minimum absolute atomic E-state index is 0.0632. The van der Waals surface area contributed by atoms with Gasteiger partial charge in [0.05, 0.1) is 0 Å². The van der Waals surface area contributed by atoms with Gasteiger partial charge in [-0.2, -0.15) is 0 Å². The Hall–Kier alpha value is -1.59. The fraction of sp³-hybridized carbons (Fsp3) is 0.945. The summed E-state index contributed by atoms with van der Waals surface area (Å²) in [5, 5.41) is 0. The number of carbonyl (C=O) groups excluding carboxylic acids is 3. The summed E-state index contributed by atoms with van der Waals surface area (Å²) in [6.07, 6.45) is 49.5. The van der Waals surface area contributed by atoms with Crippen LogP contribution in [0.2, 0.25) is 0 Å². The number of ether oxygens (including phenoxy) is 3. The topological polar surface area (TPSA) is 78.9 Å². The fourth-order valence-corrected chi connectivity index (χ4v) is 8.34. The molecule has 0 aromatic rings. The highest BCUT2D eigenvalue weighted by Crippen LogP contribution is 2.18. The van der Waals surface area contributed by atoms with Crippen molar-refractivity contribution in [2.75, 3.05) is 13.2 Å². The molecule has 0 N–H and O–H groups in total. The van der Waals surface area contributed by atoms with E-state index in [1.54, 1.807) is 0 Å². The van der Waals surface area contributed by atoms with Crippen LogP contribution in [0.4, 0.5) is 0 Å². The molecule has 6 heteroatoms. The van der Waals surface area contributed by atoms with Gasteiger partial charge in [-0.05, 0) is 31.1 Å². The molecule has 61 heavy (non-hydrogen) atoms. The van der Waals surface area contributed by atoms with Crippen molar-refractivity contribution < 1.29 is 28.6 Å². The average Bonchev–Trinajstić information content (AvgIpc) is 3.23. The summed E-state index contributed by atoms with van der Waals surface area (Å²) in [6, 6.07) is 0. The number of hydrogen-bond acceptors (Lipinski definition) is 6. The van der Waals surface area contributed by atoms with E-state index < -0.39 is 6.10 Å². The fourth-order valence-electron chi connectivity index (χ4n) is 8.34. The standard InChI is InChI=1S/C55H106O6/c1-6-7-8-9-10-23-30-35-40-45-53(56)59-48-52(49-60-54(57)46-41-36-31-26-21-18-14-16-20-25-29-34-39-44-51(4)5)61-55(58)47-42-37-32-27-22-17-13-11-12-15-19-24-28-33-38-43-50(2)3/h50-52H,6-49H2,1-5H3/t52-/m0/s1. The highest BCUT2D eigenvalue weighted by atomic mass is 16.6. The molecule has 0 aliphatic heterocycles. The molecule has 0 amide bonds. The van der Waals surface area contributed by atoms with E-state index in [-0.39, 0.29) is 31.1 Å². The van der Waals surface area contributed by atoms with E-state index in [0.29, 0.717) is 19.3 Å². The molecule has 0 aliphatic carbocycles. The van der Waals surface area contributed by atoms with Gasteiger partial charge in [-0.1, -0.05) is 266 Å². The van der Waals surface area contributed by atoms with Crippen molar-refractivity contribution in [1.29, 1.82) is 0 Å². The first kappa shape index (κ1) is 59.4. The van der Waals surface area contributed by atoms with E-state index in [2.05, 4.69) is 34.6 Å². The van der Waals surface area contributed by atoms with Gasteiger partial charge in [-0.15, -0.1) is 0 Å². The van der Waals surface area contributed by atoms with Crippen LogP contribution in [0, 0.1) is 11.8 Å². The third kappa shape index (κ3) is 49.3. The predicted molar refractivity (Wildman–Crippen MR) is 261 cm³/mol. The third-order valence-corrected chi connectivity index (χ3v) is 12.5. The van der Waals surface area contributed by atoms with Gasteiger partial charge < -0.3 is 14.2 Å². The molecule has 0 saturated heterocycles. The molecule has 0 aliphatic rings. The summed E-state index contributed by atoms with van der Waals surface area (Å²) in [5.74, 6) is 0.842. The molecule has 0 unspecified atom stereocenters. The molecule has 0 heterocycles. The van der Waals surface area contributed by atoms with Crippen molar-refractivity contribution in [2.45, 2.75) is 310 Å². The summed E-state index contributed by atoms with van der Waals surface area (Å²) < 4.78 is 16.8. The number of esters is 3. The number of carbonyl (C=O) groups is 3. The van der Waals surface area contributed by atoms with E-state index in [0.717, 1.165) is 69.6 Å². The normalized spacial score (nSPS) is 12.0. The van der Waals surface area contributed by atoms with Crippen molar-refractivity contribution in [1.82, 2.24) is 0 Å². The maximum atomic E-state index is 12.8. The molecule has 0 radical (unpaired) electrons.